The van der Waals surface area contributed by atoms with Crippen LogP contribution in [-0.2, 0) is 22.9 Å². The molecule has 1 N–H and O–H groups in total. The van der Waals surface area contributed by atoms with Gasteiger partial charge in [-0.25, -0.2) is 0 Å². The molecular weight excluding hydrogens is 401 g/mol. The average Bonchev–Trinajstić information content (AvgIpc) is 3.27. The first-order chi connectivity index (χ1) is 14.9. The maximum absolute atomic E-state index is 13.4. The zero-order valence-corrected chi connectivity index (χ0v) is 17.6. The van der Waals surface area contributed by atoms with Gasteiger partial charge in [-0.3, -0.25) is 9.69 Å². The van der Waals surface area contributed by atoms with Gasteiger partial charge in [0.2, 0.25) is 5.91 Å². The fourth-order valence-electron chi connectivity index (χ4n) is 5.02. The number of hydrogen-bond acceptors (Lipinski definition) is 2. The van der Waals surface area contributed by atoms with Gasteiger partial charge in [0.1, 0.15) is 0 Å². The molecule has 0 atom stereocenters. The summed E-state index contributed by atoms with van der Waals surface area (Å²) in [5.74, 6) is -0.106. The Morgan fingerprint density at radius 3 is 2.32 bits per heavy atom. The van der Waals surface area contributed by atoms with Crippen LogP contribution in [0, 0.1) is 0 Å². The number of likely N-dealkylation sites (tertiary alicyclic amines) is 1. The second kappa shape index (κ2) is 9.03. The molecule has 1 amide bonds. The van der Waals surface area contributed by atoms with E-state index < -0.39 is 17.2 Å². The zero-order valence-electron chi connectivity index (χ0n) is 17.6. The van der Waals surface area contributed by atoms with E-state index in [1.807, 2.05) is 18.2 Å². The molecule has 1 aliphatic carbocycles. The third-order valence-electron chi connectivity index (χ3n) is 6.81. The van der Waals surface area contributed by atoms with Crippen LogP contribution in [0.1, 0.15) is 55.2 Å². The van der Waals surface area contributed by atoms with Gasteiger partial charge in [-0.05, 0) is 42.9 Å². The van der Waals surface area contributed by atoms with E-state index in [1.54, 1.807) is 6.07 Å². The van der Waals surface area contributed by atoms with E-state index in [2.05, 4.69) is 22.3 Å². The summed E-state index contributed by atoms with van der Waals surface area (Å²) in [4.78, 5) is 15.7. The quantitative estimate of drug-likeness (QED) is 0.698. The van der Waals surface area contributed by atoms with Gasteiger partial charge in [0.25, 0.3) is 0 Å². The Morgan fingerprint density at radius 1 is 1.00 bits per heavy atom. The van der Waals surface area contributed by atoms with Crippen LogP contribution in [0.2, 0.25) is 0 Å². The lowest BCUT2D eigenvalue weighted by Gasteiger charge is -2.35. The first kappa shape index (κ1) is 21.9. The summed E-state index contributed by atoms with van der Waals surface area (Å²) in [5, 5.41) is 3.20. The average molecular weight is 431 g/mol. The SMILES string of the molecule is O=C(NC1CCN(Cc2ccccc2)CC1)C1(c2cccc(C(F)(F)F)c2)CCCC1. The number of carbonyl (C=O) groups excluding carboxylic acids is 1. The van der Waals surface area contributed by atoms with Crippen molar-refractivity contribution in [1.82, 2.24) is 10.2 Å². The summed E-state index contributed by atoms with van der Waals surface area (Å²) < 4.78 is 39.7. The Hall–Kier alpha value is -2.34. The van der Waals surface area contributed by atoms with Crippen LogP contribution < -0.4 is 5.32 Å². The predicted molar refractivity (Wildman–Crippen MR) is 114 cm³/mol. The number of nitrogens with one attached hydrogen (secondary N) is 1. The van der Waals surface area contributed by atoms with Crippen molar-refractivity contribution in [2.75, 3.05) is 13.1 Å². The van der Waals surface area contributed by atoms with Crippen molar-refractivity contribution in [2.24, 2.45) is 0 Å². The van der Waals surface area contributed by atoms with E-state index in [1.165, 1.54) is 17.7 Å². The van der Waals surface area contributed by atoms with E-state index in [4.69, 9.17) is 0 Å². The van der Waals surface area contributed by atoms with Crippen LogP contribution in [-0.4, -0.2) is 29.9 Å². The molecule has 31 heavy (non-hydrogen) atoms. The van der Waals surface area contributed by atoms with E-state index in [9.17, 15) is 18.0 Å². The van der Waals surface area contributed by atoms with E-state index in [0.29, 0.717) is 18.4 Å². The fourth-order valence-corrected chi connectivity index (χ4v) is 5.02. The molecule has 6 heteroatoms. The topological polar surface area (TPSA) is 32.3 Å². The summed E-state index contributed by atoms with van der Waals surface area (Å²) in [6, 6.07) is 15.8. The highest BCUT2D eigenvalue weighted by atomic mass is 19.4. The lowest BCUT2D eigenvalue weighted by atomic mass is 9.77. The largest absolute Gasteiger partial charge is 0.416 e. The molecule has 0 bridgehead atoms. The third kappa shape index (κ3) is 4.95. The van der Waals surface area contributed by atoms with Crippen LogP contribution in [0.5, 0.6) is 0 Å². The lowest BCUT2D eigenvalue weighted by molar-refractivity contribution is -0.138. The number of hydrogen-bond donors (Lipinski definition) is 1. The Bertz CT molecular complexity index is 883. The molecule has 1 aliphatic heterocycles. The summed E-state index contributed by atoms with van der Waals surface area (Å²) >= 11 is 0. The van der Waals surface area contributed by atoms with Gasteiger partial charge < -0.3 is 5.32 Å². The van der Waals surface area contributed by atoms with Gasteiger partial charge in [0.05, 0.1) is 11.0 Å². The Morgan fingerprint density at radius 2 is 1.68 bits per heavy atom. The number of piperidine rings is 1. The highest BCUT2D eigenvalue weighted by molar-refractivity contribution is 5.89. The minimum atomic E-state index is -4.40. The summed E-state index contributed by atoms with van der Waals surface area (Å²) in [6.45, 7) is 2.70. The highest BCUT2D eigenvalue weighted by Gasteiger charge is 2.44. The van der Waals surface area contributed by atoms with E-state index in [0.717, 1.165) is 51.4 Å². The highest BCUT2D eigenvalue weighted by Crippen LogP contribution is 2.43. The molecule has 1 heterocycles. The van der Waals surface area contributed by atoms with Crippen LogP contribution in [0.25, 0.3) is 0 Å². The molecule has 2 aromatic rings. The van der Waals surface area contributed by atoms with Crippen LogP contribution in [0.3, 0.4) is 0 Å². The van der Waals surface area contributed by atoms with Crippen molar-refractivity contribution in [1.29, 1.82) is 0 Å². The number of alkyl halides is 3. The van der Waals surface area contributed by atoms with Gasteiger partial charge in [-0.1, -0.05) is 61.4 Å². The number of nitrogens with zero attached hydrogens (tertiary/aromatic N) is 1. The number of benzene rings is 2. The molecule has 3 nitrogen and oxygen atoms in total. The van der Waals surface area contributed by atoms with E-state index in [-0.39, 0.29) is 11.9 Å². The Balaban J connectivity index is 1.41. The number of halogens is 3. The van der Waals surface area contributed by atoms with Crippen LogP contribution >= 0.6 is 0 Å². The molecule has 0 aromatic heterocycles. The minimum absolute atomic E-state index is 0.0720. The first-order valence-corrected chi connectivity index (χ1v) is 11.1. The third-order valence-corrected chi connectivity index (χ3v) is 6.81. The van der Waals surface area contributed by atoms with Crippen LogP contribution in [0.15, 0.2) is 54.6 Å². The van der Waals surface area contributed by atoms with Crippen molar-refractivity contribution in [2.45, 2.75) is 62.7 Å². The molecule has 1 saturated heterocycles. The molecule has 2 aromatic carbocycles. The lowest BCUT2D eigenvalue weighted by Crippen LogP contribution is -2.50. The van der Waals surface area contributed by atoms with Crippen molar-refractivity contribution in [3.05, 3.63) is 71.3 Å². The molecule has 2 aliphatic rings. The smallest absolute Gasteiger partial charge is 0.353 e. The second-order valence-electron chi connectivity index (χ2n) is 8.88. The molecule has 1 saturated carbocycles. The Labute approximate surface area is 181 Å². The minimum Gasteiger partial charge on any atom is -0.353 e. The Kier molecular flexibility index (Phi) is 6.37. The summed E-state index contributed by atoms with van der Waals surface area (Å²) in [6.07, 6.45) is 0.241. The van der Waals surface area contributed by atoms with E-state index >= 15 is 0 Å². The fraction of sp³-hybridized carbons (Fsp3) is 0.480. The zero-order chi connectivity index (χ0) is 21.9. The first-order valence-electron chi connectivity index (χ1n) is 11.1. The van der Waals surface area contributed by atoms with Crippen molar-refractivity contribution < 1.29 is 18.0 Å². The van der Waals surface area contributed by atoms with Gasteiger partial charge >= 0.3 is 6.18 Å². The maximum Gasteiger partial charge on any atom is 0.416 e. The number of rotatable bonds is 5. The summed E-state index contributed by atoms with van der Waals surface area (Å²) in [7, 11) is 0. The number of carbonyl (C=O) groups is 1. The van der Waals surface area contributed by atoms with Crippen molar-refractivity contribution in [3.8, 4) is 0 Å². The van der Waals surface area contributed by atoms with Crippen molar-refractivity contribution in [3.63, 3.8) is 0 Å². The predicted octanol–water partition coefficient (Wildman–Crippen LogP) is 5.30. The van der Waals surface area contributed by atoms with Gasteiger partial charge in [-0.15, -0.1) is 0 Å². The standard InChI is InChI=1S/C25H29F3N2O/c26-25(27,28)21-10-6-9-20(17-21)24(13-4-5-14-24)23(31)29-22-11-15-30(16-12-22)18-19-7-2-1-3-8-19/h1-3,6-10,17,22H,4-5,11-16,18H2,(H,29,31). The monoisotopic (exact) mass is 430 g/mol. The molecule has 0 spiro atoms. The van der Waals surface area contributed by atoms with Gasteiger partial charge in [-0.2, -0.15) is 13.2 Å². The van der Waals surface area contributed by atoms with Crippen LogP contribution in [0.4, 0.5) is 13.2 Å². The summed E-state index contributed by atoms with van der Waals surface area (Å²) in [5.41, 5.74) is 0.249. The van der Waals surface area contributed by atoms with Gasteiger partial charge in [0, 0.05) is 25.7 Å². The molecule has 0 unspecified atom stereocenters. The molecule has 4 rings (SSSR count). The number of amides is 1. The maximum atomic E-state index is 13.4. The molecule has 166 valence electrons. The molecule has 0 radical (unpaired) electrons. The molecule has 2 fully saturated rings. The normalized spacial score (nSPS) is 20.0. The second-order valence-corrected chi connectivity index (χ2v) is 8.88. The molecular formula is C25H29F3N2O. The van der Waals surface area contributed by atoms with Gasteiger partial charge in [0.15, 0.2) is 0 Å². The van der Waals surface area contributed by atoms with Crippen molar-refractivity contribution >= 4 is 5.91 Å².